The lowest BCUT2D eigenvalue weighted by atomic mass is 9.96. The minimum Gasteiger partial charge on any atom is -0.336 e. The molecule has 7 heteroatoms. The summed E-state index contributed by atoms with van der Waals surface area (Å²) in [6, 6.07) is -0.287. The maximum absolute atomic E-state index is 12.4. The van der Waals surface area contributed by atoms with E-state index in [1.54, 1.807) is 11.9 Å². The van der Waals surface area contributed by atoms with Gasteiger partial charge in [0, 0.05) is 20.5 Å². The van der Waals surface area contributed by atoms with Crippen LogP contribution in [0.3, 0.4) is 0 Å². The van der Waals surface area contributed by atoms with Crippen LogP contribution in [0.2, 0.25) is 0 Å². The summed E-state index contributed by atoms with van der Waals surface area (Å²) in [4.78, 5) is 29.4. The first-order valence-electron chi connectivity index (χ1n) is 6.38. The lowest BCUT2D eigenvalue weighted by Crippen LogP contribution is -2.64. The molecular weight excluding hydrogens is 264 g/mol. The van der Waals surface area contributed by atoms with Gasteiger partial charge in [0.05, 0.1) is 0 Å². The molecule has 2 atom stereocenters. The maximum Gasteiger partial charge on any atom is 0.330 e. The van der Waals surface area contributed by atoms with Gasteiger partial charge in [0.1, 0.15) is 0 Å². The van der Waals surface area contributed by atoms with Gasteiger partial charge < -0.3 is 15.1 Å². The summed E-state index contributed by atoms with van der Waals surface area (Å²) < 4.78 is 0. The van der Waals surface area contributed by atoms with Crippen LogP contribution in [-0.2, 0) is 4.79 Å². The number of nitrogens with zero attached hydrogens (tertiary/aromatic N) is 3. The summed E-state index contributed by atoms with van der Waals surface area (Å²) >= 11 is 5.27. The molecule has 19 heavy (non-hydrogen) atoms. The molecule has 0 saturated carbocycles. The summed E-state index contributed by atoms with van der Waals surface area (Å²) in [6.45, 7) is 5.68. The van der Waals surface area contributed by atoms with Gasteiger partial charge >= 0.3 is 6.03 Å². The average Bonchev–Trinajstić information content (AvgIpc) is 2.59. The number of fused-ring (bicyclic) bond motifs is 1. The molecule has 3 amide bonds. The van der Waals surface area contributed by atoms with E-state index in [1.807, 2.05) is 32.7 Å². The van der Waals surface area contributed by atoms with Crippen molar-refractivity contribution in [2.24, 2.45) is 0 Å². The number of rotatable bonds is 2. The number of urea groups is 1. The molecule has 0 unspecified atom stereocenters. The number of likely N-dealkylation sites (N-methyl/N-ethyl adjacent to an activating group) is 2. The minimum atomic E-state index is -0.836. The number of carbonyl (C=O) groups is 2. The molecular formula is C12H20N4O2S. The van der Waals surface area contributed by atoms with E-state index >= 15 is 0 Å². The minimum absolute atomic E-state index is 0.170. The standard InChI is InChI=1S/C12H20N4O2S/c1-6-7-8(17)16-10(18)15(5)12(3)11(16,2)13-9(19)14(12)4/h6-7H2,1-5H3,(H,13,19)/t11-,12+/m1/s1. The maximum atomic E-state index is 12.4. The van der Waals surface area contributed by atoms with Gasteiger partial charge in [-0.2, -0.15) is 0 Å². The van der Waals surface area contributed by atoms with Crippen molar-refractivity contribution in [3.63, 3.8) is 0 Å². The lowest BCUT2D eigenvalue weighted by Gasteiger charge is -2.41. The lowest BCUT2D eigenvalue weighted by molar-refractivity contribution is -0.133. The number of imide groups is 1. The Morgan fingerprint density at radius 3 is 2.42 bits per heavy atom. The molecule has 2 rings (SSSR count). The van der Waals surface area contributed by atoms with Crippen molar-refractivity contribution in [1.29, 1.82) is 0 Å². The Bertz CT molecular complexity index is 469. The van der Waals surface area contributed by atoms with Gasteiger partial charge in [-0.05, 0) is 32.5 Å². The van der Waals surface area contributed by atoms with E-state index in [4.69, 9.17) is 12.2 Å². The van der Waals surface area contributed by atoms with Crippen molar-refractivity contribution < 1.29 is 9.59 Å². The first-order chi connectivity index (χ1) is 8.71. The normalized spacial score (nSPS) is 33.8. The second-order valence-electron chi connectivity index (χ2n) is 5.40. The largest absolute Gasteiger partial charge is 0.336 e. The van der Waals surface area contributed by atoms with Crippen LogP contribution in [0.15, 0.2) is 0 Å². The second-order valence-corrected chi connectivity index (χ2v) is 5.79. The highest BCUT2D eigenvalue weighted by atomic mass is 32.1. The Balaban J connectivity index is 2.51. The summed E-state index contributed by atoms with van der Waals surface area (Å²) in [5, 5.41) is 3.67. The summed E-state index contributed by atoms with van der Waals surface area (Å²) in [7, 11) is 3.53. The number of nitrogens with one attached hydrogen (secondary N) is 1. The Morgan fingerprint density at radius 2 is 1.89 bits per heavy atom. The van der Waals surface area contributed by atoms with Crippen LogP contribution in [0.1, 0.15) is 33.6 Å². The third-order valence-electron chi connectivity index (χ3n) is 4.52. The summed E-state index contributed by atoms with van der Waals surface area (Å²) in [6.07, 6.45) is 1.06. The molecule has 2 heterocycles. The highest BCUT2D eigenvalue weighted by molar-refractivity contribution is 7.80. The molecule has 6 nitrogen and oxygen atoms in total. The highest BCUT2D eigenvalue weighted by Gasteiger charge is 2.69. The van der Waals surface area contributed by atoms with Crippen molar-refractivity contribution in [2.75, 3.05) is 14.1 Å². The van der Waals surface area contributed by atoms with Crippen LogP contribution in [0.5, 0.6) is 0 Å². The number of carbonyl (C=O) groups excluding carboxylic acids is 2. The molecule has 1 N–H and O–H groups in total. The Labute approximate surface area is 118 Å². The van der Waals surface area contributed by atoms with Gasteiger partial charge in [-0.25, -0.2) is 9.69 Å². The molecule has 2 fully saturated rings. The fraction of sp³-hybridized carbons (Fsp3) is 0.750. The quantitative estimate of drug-likeness (QED) is 0.765. The SMILES string of the molecule is CCCC(=O)N1C(=O)N(C)[C@]2(C)N(C)C(=S)N[C@]12C. The van der Waals surface area contributed by atoms with Crippen LogP contribution in [0.25, 0.3) is 0 Å². The van der Waals surface area contributed by atoms with E-state index in [9.17, 15) is 9.59 Å². The Morgan fingerprint density at radius 1 is 1.32 bits per heavy atom. The monoisotopic (exact) mass is 284 g/mol. The Kier molecular flexibility index (Phi) is 3.00. The van der Waals surface area contributed by atoms with E-state index in [0.717, 1.165) is 0 Å². The van der Waals surface area contributed by atoms with Gasteiger partial charge in [-0.15, -0.1) is 0 Å². The molecule has 0 aromatic rings. The third kappa shape index (κ3) is 1.45. The number of thiocarbonyl (C=S) groups is 1. The van der Waals surface area contributed by atoms with Crippen molar-refractivity contribution in [1.82, 2.24) is 20.0 Å². The van der Waals surface area contributed by atoms with Crippen LogP contribution in [-0.4, -0.2) is 57.2 Å². The van der Waals surface area contributed by atoms with Crippen molar-refractivity contribution >= 4 is 29.3 Å². The first kappa shape index (κ1) is 14.0. The van der Waals surface area contributed by atoms with Gasteiger partial charge in [0.15, 0.2) is 16.4 Å². The molecule has 106 valence electrons. The predicted octanol–water partition coefficient (Wildman–Crippen LogP) is 0.933. The highest BCUT2D eigenvalue weighted by Crippen LogP contribution is 2.44. The average molecular weight is 284 g/mol. The fourth-order valence-electron chi connectivity index (χ4n) is 2.96. The Hall–Kier alpha value is -1.37. The van der Waals surface area contributed by atoms with Gasteiger partial charge in [0.25, 0.3) is 0 Å². The summed E-state index contributed by atoms with van der Waals surface area (Å²) in [5.74, 6) is -0.170. The molecule has 0 bridgehead atoms. The van der Waals surface area contributed by atoms with Gasteiger partial charge in [0.2, 0.25) is 5.91 Å². The van der Waals surface area contributed by atoms with E-state index in [1.165, 1.54) is 4.90 Å². The molecule has 2 saturated heterocycles. The number of amides is 3. The van der Waals surface area contributed by atoms with Crippen LogP contribution in [0.4, 0.5) is 4.79 Å². The zero-order valence-electron chi connectivity index (χ0n) is 12.0. The number of hydrogen-bond acceptors (Lipinski definition) is 3. The molecule has 2 aliphatic heterocycles. The fourth-order valence-corrected chi connectivity index (χ4v) is 3.34. The van der Waals surface area contributed by atoms with E-state index in [2.05, 4.69) is 5.32 Å². The molecule has 0 aliphatic carbocycles. The predicted molar refractivity (Wildman–Crippen MR) is 75.2 cm³/mol. The van der Waals surface area contributed by atoms with Crippen molar-refractivity contribution in [3.8, 4) is 0 Å². The third-order valence-corrected chi connectivity index (χ3v) is 4.90. The zero-order chi connectivity index (χ0) is 14.6. The van der Waals surface area contributed by atoms with E-state index < -0.39 is 11.3 Å². The zero-order valence-corrected chi connectivity index (χ0v) is 12.8. The van der Waals surface area contributed by atoms with Crippen molar-refractivity contribution in [2.45, 2.75) is 44.9 Å². The first-order valence-corrected chi connectivity index (χ1v) is 6.79. The molecule has 0 spiro atoms. The van der Waals surface area contributed by atoms with Crippen molar-refractivity contribution in [3.05, 3.63) is 0 Å². The van der Waals surface area contributed by atoms with E-state index in [-0.39, 0.29) is 11.9 Å². The second kappa shape index (κ2) is 4.06. The van der Waals surface area contributed by atoms with E-state index in [0.29, 0.717) is 18.0 Å². The number of hydrogen-bond donors (Lipinski definition) is 1. The smallest absolute Gasteiger partial charge is 0.330 e. The summed E-state index contributed by atoms with van der Waals surface area (Å²) in [5.41, 5.74) is -1.51. The van der Waals surface area contributed by atoms with Crippen LogP contribution < -0.4 is 5.32 Å². The topological polar surface area (TPSA) is 55.9 Å². The molecule has 2 aliphatic rings. The van der Waals surface area contributed by atoms with Crippen LogP contribution >= 0.6 is 12.2 Å². The molecule has 0 aromatic heterocycles. The van der Waals surface area contributed by atoms with Gasteiger partial charge in [-0.3, -0.25) is 4.79 Å². The molecule has 0 aromatic carbocycles. The molecule has 0 radical (unpaired) electrons. The van der Waals surface area contributed by atoms with Crippen LogP contribution in [0, 0.1) is 0 Å². The van der Waals surface area contributed by atoms with Gasteiger partial charge in [-0.1, -0.05) is 6.92 Å².